The molecule has 2 heterocycles. The molecule has 4 rings (SSSR count). The predicted octanol–water partition coefficient (Wildman–Crippen LogP) is 4.61. The third-order valence-corrected chi connectivity index (χ3v) is 6.36. The smallest absolute Gasteiger partial charge is 0.271 e. The van der Waals surface area contributed by atoms with E-state index in [0.717, 1.165) is 31.6 Å². The fraction of sp³-hybridized carbons (Fsp3) is 0.286. The van der Waals surface area contributed by atoms with E-state index in [9.17, 15) is 9.59 Å². The number of aryl methyl sites for hydroxylation is 1. The van der Waals surface area contributed by atoms with E-state index >= 15 is 0 Å². The number of benzene rings is 2. The average Bonchev–Trinajstić information content (AvgIpc) is 2.90. The van der Waals surface area contributed by atoms with Gasteiger partial charge in [0.15, 0.2) is 11.5 Å². The summed E-state index contributed by atoms with van der Waals surface area (Å²) in [5, 5.41) is 5.88. The SMILES string of the molecule is C=CC(=O)Nc1cccc(Oc2nc(Nc3ccc(C4CCN(C)CC4)cc3)c(C(N)=O)nc2CC)c1. The number of ether oxygens (including phenoxy) is 1. The van der Waals surface area contributed by atoms with Crippen molar-refractivity contribution in [2.24, 2.45) is 5.73 Å². The Morgan fingerprint density at radius 1 is 1.14 bits per heavy atom. The number of aromatic nitrogens is 2. The van der Waals surface area contributed by atoms with E-state index in [2.05, 4.69) is 51.3 Å². The van der Waals surface area contributed by atoms with Crippen molar-refractivity contribution in [3.8, 4) is 11.6 Å². The van der Waals surface area contributed by atoms with Crippen molar-refractivity contribution in [2.75, 3.05) is 30.8 Å². The summed E-state index contributed by atoms with van der Waals surface area (Å²) in [6.07, 6.45) is 3.94. The number of carbonyl (C=O) groups excluding carboxylic acids is 2. The zero-order valence-electron chi connectivity index (χ0n) is 21.2. The minimum atomic E-state index is -0.687. The van der Waals surface area contributed by atoms with Gasteiger partial charge in [0.05, 0.1) is 0 Å². The highest BCUT2D eigenvalue weighted by Gasteiger charge is 2.20. The van der Waals surface area contributed by atoms with Gasteiger partial charge in [0.25, 0.3) is 5.91 Å². The van der Waals surface area contributed by atoms with Crippen LogP contribution in [0.3, 0.4) is 0 Å². The Morgan fingerprint density at radius 2 is 1.86 bits per heavy atom. The van der Waals surface area contributed by atoms with E-state index in [-0.39, 0.29) is 23.3 Å². The summed E-state index contributed by atoms with van der Waals surface area (Å²) in [4.78, 5) is 35.2. The molecule has 9 nitrogen and oxygen atoms in total. The number of anilines is 3. The molecule has 0 bridgehead atoms. The number of nitrogens with zero attached hydrogens (tertiary/aromatic N) is 3. The number of primary amides is 1. The molecule has 2 aromatic carbocycles. The molecule has 192 valence electrons. The van der Waals surface area contributed by atoms with Crippen molar-refractivity contribution in [2.45, 2.75) is 32.1 Å². The molecule has 9 heteroatoms. The monoisotopic (exact) mass is 500 g/mol. The van der Waals surface area contributed by atoms with Crippen LogP contribution in [0.4, 0.5) is 17.2 Å². The van der Waals surface area contributed by atoms with Crippen molar-refractivity contribution < 1.29 is 14.3 Å². The van der Waals surface area contributed by atoms with Gasteiger partial charge in [-0.1, -0.05) is 31.7 Å². The van der Waals surface area contributed by atoms with Gasteiger partial charge >= 0.3 is 0 Å². The van der Waals surface area contributed by atoms with Gasteiger partial charge in [-0.3, -0.25) is 9.59 Å². The summed E-state index contributed by atoms with van der Waals surface area (Å²) in [6, 6.07) is 15.0. The van der Waals surface area contributed by atoms with Crippen molar-refractivity contribution in [1.29, 1.82) is 0 Å². The molecule has 0 unspecified atom stereocenters. The molecule has 3 aromatic rings. The van der Waals surface area contributed by atoms with Gasteiger partial charge in [0, 0.05) is 17.4 Å². The summed E-state index contributed by atoms with van der Waals surface area (Å²) < 4.78 is 6.03. The Hall–Kier alpha value is -4.24. The second-order valence-corrected chi connectivity index (χ2v) is 9.04. The molecule has 0 radical (unpaired) electrons. The largest absolute Gasteiger partial charge is 0.437 e. The second kappa shape index (κ2) is 11.7. The van der Waals surface area contributed by atoms with Gasteiger partial charge in [-0.05, 0) is 81.2 Å². The third kappa shape index (κ3) is 6.50. The Labute approximate surface area is 216 Å². The topological polar surface area (TPSA) is 122 Å². The summed E-state index contributed by atoms with van der Waals surface area (Å²) in [5.41, 5.74) is 8.76. The van der Waals surface area contributed by atoms with Crippen LogP contribution in [-0.2, 0) is 11.2 Å². The number of nitrogens with two attached hydrogens (primary N) is 1. The molecule has 0 atom stereocenters. The molecular formula is C28H32N6O3. The molecule has 1 aliphatic rings. The van der Waals surface area contributed by atoms with Crippen LogP contribution < -0.4 is 21.1 Å². The molecule has 1 saturated heterocycles. The number of amides is 2. The van der Waals surface area contributed by atoms with Crippen LogP contribution in [-0.4, -0.2) is 46.8 Å². The minimum absolute atomic E-state index is 0.0376. The van der Waals surface area contributed by atoms with Gasteiger partial charge in [0.2, 0.25) is 11.8 Å². The first-order chi connectivity index (χ1) is 17.9. The van der Waals surface area contributed by atoms with Crippen molar-refractivity contribution in [1.82, 2.24) is 14.9 Å². The zero-order valence-corrected chi connectivity index (χ0v) is 21.2. The molecule has 1 aromatic heterocycles. The average molecular weight is 501 g/mol. The fourth-order valence-electron chi connectivity index (χ4n) is 4.29. The van der Waals surface area contributed by atoms with E-state index < -0.39 is 5.91 Å². The molecule has 2 amide bonds. The number of rotatable bonds is 9. The minimum Gasteiger partial charge on any atom is -0.437 e. The van der Waals surface area contributed by atoms with Crippen LogP contribution in [0.2, 0.25) is 0 Å². The van der Waals surface area contributed by atoms with Crippen molar-refractivity contribution in [3.63, 3.8) is 0 Å². The number of carbonyl (C=O) groups is 2. The van der Waals surface area contributed by atoms with Gasteiger partial charge < -0.3 is 26.0 Å². The first kappa shape index (κ1) is 25.8. The molecule has 0 spiro atoms. The van der Waals surface area contributed by atoms with E-state index in [1.165, 1.54) is 11.6 Å². The summed E-state index contributed by atoms with van der Waals surface area (Å²) in [5.74, 6) is 0.430. The quantitative estimate of drug-likeness (QED) is 0.367. The second-order valence-electron chi connectivity index (χ2n) is 9.04. The summed E-state index contributed by atoms with van der Waals surface area (Å²) in [6.45, 7) is 7.54. The lowest BCUT2D eigenvalue weighted by atomic mass is 9.89. The van der Waals surface area contributed by atoms with E-state index in [1.54, 1.807) is 24.3 Å². The lowest BCUT2D eigenvalue weighted by molar-refractivity contribution is -0.111. The molecule has 0 aliphatic carbocycles. The van der Waals surface area contributed by atoms with Gasteiger partial charge in [-0.15, -0.1) is 0 Å². The number of hydrogen-bond donors (Lipinski definition) is 3. The fourth-order valence-corrected chi connectivity index (χ4v) is 4.29. The number of likely N-dealkylation sites (tertiary alicyclic amines) is 1. The highest BCUT2D eigenvalue weighted by Crippen LogP contribution is 2.31. The Bertz CT molecular complexity index is 1280. The Kier molecular flexibility index (Phi) is 8.15. The van der Waals surface area contributed by atoms with E-state index in [0.29, 0.717) is 29.5 Å². The highest BCUT2D eigenvalue weighted by atomic mass is 16.5. The number of piperidine rings is 1. The number of hydrogen-bond acceptors (Lipinski definition) is 7. The molecule has 0 saturated carbocycles. The van der Waals surface area contributed by atoms with Crippen LogP contribution >= 0.6 is 0 Å². The number of nitrogens with one attached hydrogen (secondary N) is 2. The van der Waals surface area contributed by atoms with Crippen molar-refractivity contribution >= 4 is 29.0 Å². The maximum Gasteiger partial charge on any atom is 0.271 e. The normalized spacial score (nSPS) is 14.1. The van der Waals surface area contributed by atoms with Crippen LogP contribution in [0.15, 0.2) is 61.2 Å². The first-order valence-electron chi connectivity index (χ1n) is 12.3. The molecule has 4 N–H and O–H groups in total. The zero-order chi connectivity index (χ0) is 26.4. The summed E-state index contributed by atoms with van der Waals surface area (Å²) >= 11 is 0. The molecular weight excluding hydrogens is 468 g/mol. The van der Waals surface area contributed by atoms with E-state index in [1.807, 2.05) is 19.1 Å². The van der Waals surface area contributed by atoms with Gasteiger partial charge in [-0.25, -0.2) is 4.98 Å². The maximum absolute atomic E-state index is 12.2. The third-order valence-electron chi connectivity index (χ3n) is 6.36. The van der Waals surface area contributed by atoms with Crippen LogP contribution in [0.1, 0.15) is 47.4 Å². The lowest BCUT2D eigenvalue weighted by Gasteiger charge is -2.29. The van der Waals surface area contributed by atoms with Gasteiger partial charge in [0.1, 0.15) is 11.4 Å². The van der Waals surface area contributed by atoms with Crippen LogP contribution in [0.5, 0.6) is 11.6 Å². The van der Waals surface area contributed by atoms with Crippen molar-refractivity contribution in [3.05, 3.63) is 78.1 Å². The lowest BCUT2D eigenvalue weighted by Crippen LogP contribution is -2.29. The predicted molar refractivity (Wildman–Crippen MR) is 144 cm³/mol. The molecule has 1 fully saturated rings. The first-order valence-corrected chi connectivity index (χ1v) is 12.3. The van der Waals surface area contributed by atoms with Gasteiger partial charge in [-0.2, -0.15) is 4.98 Å². The Morgan fingerprint density at radius 3 is 2.51 bits per heavy atom. The highest BCUT2D eigenvalue weighted by molar-refractivity contribution is 5.99. The molecule has 1 aliphatic heterocycles. The standard InChI is InChI=1S/C28H32N6O3/c1-4-23-28(37-22-8-6-7-21(17-22)30-24(35)5-2)33-27(25(32-23)26(29)36)31-20-11-9-18(10-12-20)19-13-15-34(3)16-14-19/h5-12,17,19H,2,4,13-16H2,1,3H3,(H2,29,36)(H,30,35)(H,31,33). The van der Waals surface area contributed by atoms with E-state index in [4.69, 9.17) is 10.5 Å². The maximum atomic E-state index is 12.2. The van der Waals surface area contributed by atoms with Crippen LogP contribution in [0.25, 0.3) is 0 Å². The molecule has 37 heavy (non-hydrogen) atoms. The summed E-state index contributed by atoms with van der Waals surface area (Å²) in [7, 11) is 2.15. The van der Waals surface area contributed by atoms with Crippen LogP contribution in [0, 0.1) is 0 Å². The Balaban J connectivity index is 1.58.